The maximum atomic E-state index is 12.6. The molecule has 2 aromatic rings. The Labute approximate surface area is 164 Å². The van der Waals surface area contributed by atoms with Crippen LogP contribution in [0.5, 0.6) is 0 Å². The predicted molar refractivity (Wildman–Crippen MR) is 106 cm³/mol. The van der Waals surface area contributed by atoms with Gasteiger partial charge in [-0.2, -0.15) is 0 Å². The average Bonchev–Trinajstić information content (AvgIpc) is 2.86. The summed E-state index contributed by atoms with van der Waals surface area (Å²) in [6, 6.07) is 12.9. The molecule has 0 N–H and O–H groups in total. The molecule has 0 aromatic heterocycles. The summed E-state index contributed by atoms with van der Waals surface area (Å²) in [7, 11) is 0. The number of carbonyl (C=O) groups excluding carboxylic acids is 2. The number of thioether (sulfide) groups is 2. The van der Waals surface area contributed by atoms with Crippen molar-refractivity contribution in [2.75, 3.05) is 6.26 Å². The standard InChI is InChI=1S/C18H13Cl2NO2S2/c1-24-13-5-2-11(3-6-13)9-16-17(22)21(18(23)25-16)10-12-4-7-14(19)15(20)8-12/h2-9H,10H2,1H3/b16-9-. The van der Waals surface area contributed by atoms with Crippen LogP contribution in [0.15, 0.2) is 52.3 Å². The maximum Gasteiger partial charge on any atom is 0.293 e. The number of carbonyl (C=O) groups is 2. The van der Waals surface area contributed by atoms with Gasteiger partial charge in [0.15, 0.2) is 0 Å². The number of benzene rings is 2. The molecule has 0 bridgehead atoms. The molecule has 3 rings (SSSR count). The SMILES string of the molecule is CSc1ccc(/C=C2\SC(=O)N(Cc3ccc(Cl)c(Cl)c3)C2=O)cc1. The molecule has 1 fully saturated rings. The number of amides is 2. The van der Waals surface area contributed by atoms with E-state index in [2.05, 4.69) is 0 Å². The number of halogens is 2. The van der Waals surface area contributed by atoms with E-state index in [0.717, 1.165) is 27.8 Å². The molecule has 0 spiro atoms. The summed E-state index contributed by atoms with van der Waals surface area (Å²) in [5.41, 5.74) is 1.64. The Balaban J connectivity index is 1.79. The van der Waals surface area contributed by atoms with Crippen LogP contribution in [-0.2, 0) is 11.3 Å². The highest BCUT2D eigenvalue weighted by molar-refractivity contribution is 8.18. The van der Waals surface area contributed by atoms with E-state index < -0.39 is 0 Å². The Morgan fingerprint density at radius 2 is 1.80 bits per heavy atom. The van der Waals surface area contributed by atoms with Gasteiger partial charge in [0, 0.05) is 4.90 Å². The number of nitrogens with zero attached hydrogens (tertiary/aromatic N) is 1. The molecule has 0 radical (unpaired) electrons. The van der Waals surface area contributed by atoms with Crippen molar-refractivity contribution in [1.29, 1.82) is 0 Å². The smallest absolute Gasteiger partial charge is 0.268 e. The van der Waals surface area contributed by atoms with Crippen molar-refractivity contribution in [3.63, 3.8) is 0 Å². The van der Waals surface area contributed by atoms with E-state index in [1.54, 1.807) is 36.0 Å². The van der Waals surface area contributed by atoms with Gasteiger partial charge in [-0.25, -0.2) is 0 Å². The molecule has 25 heavy (non-hydrogen) atoms. The van der Waals surface area contributed by atoms with E-state index in [1.165, 1.54) is 4.90 Å². The lowest BCUT2D eigenvalue weighted by Gasteiger charge is -2.12. The summed E-state index contributed by atoms with van der Waals surface area (Å²) in [6.45, 7) is 0.171. The maximum absolute atomic E-state index is 12.6. The first-order valence-electron chi connectivity index (χ1n) is 7.31. The van der Waals surface area contributed by atoms with Crippen LogP contribution in [0.1, 0.15) is 11.1 Å². The second-order valence-corrected chi connectivity index (χ2v) is 7.98. The number of hydrogen-bond acceptors (Lipinski definition) is 4. The van der Waals surface area contributed by atoms with Gasteiger partial charge in [0.2, 0.25) is 0 Å². The third kappa shape index (κ3) is 4.23. The minimum Gasteiger partial charge on any atom is -0.268 e. The molecule has 3 nitrogen and oxygen atoms in total. The summed E-state index contributed by atoms with van der Waals surface area (Å²) in [6.07, 6.45) is 3.74. The molecule has 0 atom stereocenters. The highest BCUT2D eigenvalue weighted by atomic mass is 35.5. The first kappa shape index (κ1) is 18.4. The van der Waals surface area contributed by atoms with Crippen LogP contribution >= 0.6 is 46.7 Å². The van der Waals surface area contributed by atoms with Crippen LogP contribution < -0.4 is 0 Å². The lowest BCUT2D eigenvalue weighted by atomic mass is 10.2. The Hall–Kier alpha value is -1.40. The van der Waals surface area contributed by atoms with E-state index in [1.807, 2.05) is 30.5 Å². The highest BCUT2D eigenvalue weighted by Crippen LogP contribution is 2.34. The van der Waals surface area contributed by atoms with Gasteiger partial charge in [0.05, 0.1) is 21.5 Å². The van der Waals surface area contributed by atoms with Crippen molar-refractivity contribution in [1.82, 2.24) is 4.90 Å². The van der Waals surface area contributed by atoms with Crippen LogP contribution in [0.3, 0.4) is 0 Å². The lowest BCUT2D eigenvalue weighted by Crippen LogP contribution is -2.27. The molecule has 128 valence electrons. The van der Waals surface area contributed by atoms with Crippen molar-refractivity contribution in [2.24, 2.45) is 0 Å². The van der Waals surface area contributed by atoms with Crippen molar-refractivity contribution in [3.05, 3.63) is 68.5 Å². The van der Waals surface area contributed by atoms with Crippen LogP contribution in [-0.4, -0.2) is 22.3 Å². The van der Waals surface area contributed by atoms with Gasteiger partial charge in [-0.15, -0.1) is 11.8 Å². The summed E-state index contributed by atoms with van der Waals surface area (Å²) >= 11 is 14.5. The second-order valence-electron chi connectivity index (χ2n) is 5.29. The van der Waals surface area contributed by atoms with Gasteiger partial charge in [0.25, 0.3) is 11.1 Å². The molecule has 2 amide bonds. The minimum atomic E-state index is -0.296. The van der Waals surface area contributed by atoms with Gasteiger partial charge in [0.1, 0.15) is 0 Å². The first-order chi connectivity index (χ1) is 12.0. The van der Waals surface area contributed by atoms with Gasteiger partial charge < -0.3 is 0 Å². The van der Waals surface area contributed by atoms with E-state index in [9.17, 15) is 9.59 Å². The Bertz CT molecular complexity index is 866. The molecule has 0 saturated carbocycles. The second kappa shape index (κ2) is 7.87. The molecule has 0 unspecified atom stereocenters. The van der Waals surface area contributed by atoms with Gasteiger partial charge in [-0.3, -0.25) is 14.5 Å². The minimum absolute atomic E-state index is 0.171. The summed E-state index contributed by atoms with van der Waals surface area (Å²) in [4.78, 5) is 27.5. The van der Waals surface area contributed by atoms with Crippen LogP contribution in [0.25, 0.3) is 6.08 Å². The molecule has 1 aliphatic heterocycles. The lowest BCUT2D eigenvalue weighted by molar-refractivity contribution is -0.123. The van der Waals surface area contributed by atoms with Crippen LogP contribution in [0.4, 0.5) is 4.79 Å². The zero-order valence-electron chi connectivity index (χ0n) is 13.2. The highest BCUT2D eigenvalue weighted by Gasteiger charge is 2.35. The van der Waals surface area contributed by atoms with Crippen molar-refractivity contribution in [2.45, 2.75) is 11.4 Å². The number of rotatable bonds is 4. The molecular formula is C18H13Cl2NO2S2. The molecular weight excluding hydrogens is 397 g/mol. The monoisotopic (exact) mass is 409 g/mol. The van der Waals surface area contributed by atoms with Crippen LogP contribution in [0, 0.1) is 0 Å². The predicted octanol–water partition coefficient (Wildman–Crippen LogP) is 5.95. The Kier molecular flexibility index (Phi) is 5.79. The fraction of sp³-hybridized carbons (Fsp3) is 0.111. The molecule has 1 heterocycles. The Morgan fingerprint density at radius 3 is 2.44 bits per heavy atom. The summed E-state index contributed by atoms with van der Waals surface area (Å²) < 4.78 is 0. The molecule has 2 aromatic carbocycles. The summed E-state index contributed by atoms with van der Waals surface area (Å²) in [5, 5.41) is 0.548. The molecule has 1 saturated heterocycles. The van der Waals surface area contributed by atoms with Crippen molar-refractivity contribution < 1.29 is 9.59 Å². The van der Waals surface area contributed by atoms with E-state index in [0.29, 0.717) is 15.0 Å². The largest absolute Gasteiger partial charge is 0.293 e. The van der Waals surface area contributed by atoms with Gasteiger partial charge in [-0.05, 0) is 59.5 Å². The number of imide groups is 1. The quantitative estimate of drug-likeness (QED) is 0.461. The fourth-order valence-electron chi connectivity index (χ4n) is 2.31. The zero-order chi connectivity index (χ0) is 18.0. The molecule has 7 heteroatoms. The van der Waals surface area contributed by atoms with Crippen molar-refractivity contribution >= 4 is 63.9 Å². The average molecular weight is 410 g/mol. The van der Waals surface area contributed by atoms with Gasteiger partial charge >= 0.3 is 0 Å². The van der Waals surface area contributed by atoms with Crippen molar-refractivity contribution in [3.8, 4) is 0 Å². The first-order valence-corrected chi connectivity index (χ1v) is 10.1. The van der Waals surface area contributed by atoms with E-state index in [4.69, 9.17) is 23.2 Å². The molecule has 1 aliphatic rings. The Morgan fingerprint density at radius 1 is 1.08 bits per heavy atom. The topological polar surface area (TPSA) is 37.4 Å². The summed E-state index contributed by atoms with van der Waals surface area (Å²) in [5.74, 6) is -0.296. The zero-order valence-corrected chi connectivity index (χ0v) is 16.3. The van der Waals surface area contributed by atoms with Crippen LogP contribution in [0.2, 0.25) is 10.0 Å². The van der Waals surface area contributed by atoms with Gasteiger partial charge in [-0.1, -0.05) is 41.4 Å². The normalized spacial score (nSPS) is 16.1. The van der Waals surface area contributed by atoms with E-state index >= 15 is 0 Å². The number of hydrogen-bond donors (Lipinski definition) is 0. The third-order valence-electron chi connectivity index (χ3n) is 3.61. The molecule has 0 aliphatic carbocycles. The fourth-order valence-corrected chi connectivity index (χ4v) is 3.88. The van der Waals surface area contributed by atoms with E-state index in [-0.39, 0.29) is 17.7 Å². The third-order valence-corrected chi connectivity index (χ3v) is 6.00.